The maximum atomic E-state index is 12.8. The van der Waals surface area contributed by atoms with Gasteiger partial charge in [0.1, 0.15) is 5.69 Å². The van der Waals surface area contributed by atoms with Crippen LogP contribution in [0.15, 0.2) is 41.6 Å². The van der Waals surface area contributed by atoms with Gasteiger partial charge in [0.25, 0.3) is 5.91 Å². The fraction of sp³-hybridized carbons (Fsp3) is 0.421. The number of sulfonamides is 1. The molecule has 2 aromatic rings. The van der Waals surface area contributed by atoms with E-state index in [-0.39, 0.29) is 24.7 Å². The molecule has 3 rings (SSSR count). The van der Waals surface area contributed by atoms with E-state index in [1.54, 1.807) is 30.2 Å². The average Bonchev–Trinajstić information content (AvgIpc) is 2.69. The van der Waals surface area contributed by atoms with Crippen LogP contribution in [0.2, 0.25) is 0 Å². The van der Waals surface area contributed by atoms with Gasteiger partial charge in [0, 0.05) is 32.4 Å². The summed E-state index contributed by atoms with van der Waals surface area (Å²) in [6.07, 6.45) is 4.96. The predicted molar refractivity (Wildman–Crippen MR) is 102 cm³/mol. The fourth-order valence-corrected chi connectivity index (χ4v) is 4.48. The molecule has 0 radical (unpaired) electrons. The van der Waals surface area contributed by atoms with E-state index in [1.807, 2.05) is 12.1 Å². The van der Waals surface area contributed by atoms with Crippen molar-refractivity contribution in [3.8, 4) is 0 Å². The van der Waals surface area contributed by atoms with Crippen molar-refractivity contribution >= 4 is 15.9 Å². The molecule has 27 heavy (non-hydrogen) atoms. The third-order valence-electron chi connectivity index (χ3n) is 4.63. The highest BCUT2D eigenvalue weighted by atomic mass is 32.2. The third kappa shape index (κ3) is 4.33. The van der Waals surface area contributed by atoms with Crippen LogP contribution in [0.1, 0.15) is 35.1 Å². The number of aromatic nitrogens is 2. The lowest BCUT2D eigenvalue weighted by Crippen LogP contribution is -2.50. The zero-order valence-corrected chi connectivity index (χ0v) is 16.4. The molecule has 1 aliphatic rings. The van der Waals surface area contributed by atoms with Gasteiger partial charge < -0.3 is 4.90 Å². The Bertz CT molecular complexity index is 888. The second-order valence-corrected chi connectivity index (χ2v) is 8.57. The first-order chi connectivity index (χ1) is 12.9. The second kappa shape index (κ2) is 8.14. The van der Waals surface area contributed by atoms with Crippen LogP contribution in [0.5, 0.6) is 0 Å². The zero-order chi connectivity index (χ0) is 19.4. The van der Waals surface area contributed by atoms with Crippen LogP contribution in [-0.4, -0.2) is 59.7 Å². The molecule has 0 atom stereocenters. The molecule has 0 spiro atoms. The maximum Gasteiger partial charge on any atom is 0.274 e. The van der Waals surface area contributed by atoms with Crippen molar-refractivity contribution in [2.75, 3.05) is 26.2 Å². The summed E-state index contributed by atoms with van der Waals surface area (Å²) in [6, 6.07) is 7.07. The predicted octanol–water partition coefficient (Wildman–Crippen LogP) is 1.88. The van der Waals surface area contributed by atoms with E-state index in [0.717, 1.165) is 24.1 Å². The molecule has 0 bridgehead atoms. The van der Waals surface area contributed by atoms with E-state index < -0.39 is 10.0 Å². The minimum atomic E-state index is -3.55. The van der Waals surface area contributed by atoms with Crippen molar-refractivity contribution < 1.29 is 13.2 Å². The number of aryl methyl sites for hydroxylation is 2. The van der Waals surface area contributed by atoms with Crippen LogP contribution in [0.4, 0.5) is 0 Å². The first kappa shape index (κ1) is 19.4. The number of piperazine rings is 1. The van der Waals surface area contributed by atoms with Gasteiger partial charge in [0.05, 0.1) is 16.8 Å². The summed E-state index contributed by atoms with van der Waals surface area (Å²) in [6.45, 7) is 5.10. The highest BCUT2D eigenvalue weighted by Crippen LogP contribution is 2.19. The molecule has 2 heterocycles. The smallest absolute Gasteiger partial charge is 0.274 e. The van der Waals surface area contributed by atoms with Crippen molar-refractivity contribution in [2.24, 2.45) is 0 Å². The minimum Gasteiger partial charge on any atom is -0.335 e. The Labute approximate surface area is 160 Å². The molecule has 8 heteroatoms. The van der Waals surface area contributed by atoms with Crippen LogP contribution in [0, 0.1) is 6.92 Å². The molecule has 1 aromatic carbocycles. The van der Waals surface area contributed by atoms with E-state index in [4.69, 9.17) is 0 Å². The molecule has 144 valence electrons. The number of carbonyl (C=O) groups is 1. The monoisotopic (exact) mass is 388 g/mol. The van der Waals surface area contributed by atoms with E-state index in [0.29, 0.717) is 18.0 Å². The van der Waals surface area contributed by atoms with Gasteiger partial charge in [-0.3, -0.25) is 9.78 Å². The molecular weight excluding hydrogens is 364 g/mol. The number of hydrogen-bond donors (Lipinski definition) is 0. The Hall–Kier alpha value is -2.32. The summed E-state index contributed by atoms with van der Waals surface area (Å²) in [5, 5.41) is 0. The van der Waals surface area contributed by atoms with Crippen molar-refractivity contribution in [3.05, 3.63) is 53.6 Å². The lowest BCUT2D eigenvalue weighted by molar-refractivity contribution is 0.0691. The molecule has 1 fully saturated rings. The zero-order valence-electron chi connectivity index (χ0n) is 15.6. The number of hydrogen-bond acceptors (Lipinski definition) is 5. The molecule has 0 N–H and O–H groups in total. The molecule has 1 saturated heterocycles. The van der Waals surface area contributed by atoms with Gasteiger partial charge in [-0.05, 0) is 31.0 Å². The molecule has 7 nitrogen and oxygen atoms in total. The molecule has 0 unspecified atom stereocenters. The highest BCUT2D eigenvalue weighted by molar-refractivity contribution is 7.89. The van der Waals surface area contributed by atoms with Crippen LogP contribution < -0.4 is 0 Å². The quantitative estimate of drug-likeness (QED) is 0.781. The van der Waals surface area contributed by atoms with Crippen molar-refractivity contribution in [1.82, 2.24) is 19.2 Å². The van der Waals surface area contributed by atoms with E-state index in [9.17, 15) is 13.2 Å². The molecule has 0 saturated carbocycles. The molecule has 1 aromatic heterocycles. The van der Waals surface area contributed by atoms with Crippen LogP contribution in [0.25, 0.3) is 0 Å². The van der Waals surface area contributed by atoms with Gasteiger partial charge >= 0.3 is 0 Å². The maximum absolute atomic E-state index is 12.8. The topological polar surface area (TPSA) is 83.5 Å². The van der Waals surface area contributed by atoms with E-state index in [2.05, 4.69) is 16.9 Å². The van der Waals surface area contributed by atoms with Gasteiger partial charge in [-0.1, -0.05) is 25.5 Å². The summed E-state index contributed by atoms with van der Waals surface area (Å²) in [5.74, 6) is -0.219. The van der Waals surface area contributed by atoms with Gasteiger partial charge in [-0.15, -0.1) is 0 Å². The molecule has 1 amide bonds. The van der Waals surface area contributed by atoms with Crippen molar-refractivity contribution in [3.63, 3.8) is 0 Å². The first-order valence-electron chi connectivity index (χ1n) is 9.09. The third-order valence-corrected chi connectivity index (χ3v) is 6.54. The summed E-state index contributed by atoms with van der Waals surface area (Å²) >= 11 is 0. The molecule has 1 aliphatic heterocycles. The number of amides is 1. The first-order valence-corrected chi connectivity index (χ1v) is 10.5. The summed E-state index contributed by atoms with van der Waals surface area (Å²) < 4.78 is 27.1. The SMILES string of the molecule is CCCc1ccc(S(=O)(=O)N2CCN(C(=O)c3cnc(C)cn3)CC2)cc1. The Morgan fingerprint density at radius 2 is 1.70 bits per heavy atom. The van der Waals surface area contributed by atoms with E-state index in [1.165, 1.54) is 10.5 Å². The molecular formula is C19H24N4O3S. The van der Waals surface area contributed by atoms with Crippen molar-refractivity contribution in [1.29, 1.82) is 0 Å². The number of rotatable bonds is 5. The lowest BCUT2D eigenvalue weighted by Gasteiger charge is -2.33. The largest absolute Gasteiger partial charge is 0.335 e. The van der Waals surface area contributed by atoms with Gasteiger partial charge in [-0.2, -0.15) is 4.31 Å². The van der Waals surface area contributed by atoms with Gasteiger partial charge in [-0.25, -0.2) is 13.4 Å². The average molecular weight is 388 g/mol. The van der Waals surface area contributed by atoms with Crippen LogP contribution in [0.3, 0.4) is 0 Å². The van der Waals surface area contributed by atoms with Crippen LogP contribution >= 0.6 is 0 Å². The van der Waals surface area contributed by atoms with E-state index >= 15 is 0 Å². The molecule has 0 aliphatic carbocycles. The summed E-state index contributed by atoms with van der Waals surface area (Å²) in [4.78, 5) is 22.6. The Morgan fingerprint density at radius 1 is 1.04 bits per heavy atom. The van der Waals surface area contributed by atoms with Crippen molar-refractivity contribution in [2.45, 2.75) is 31.6 Å². The standard InChI is InChI=1S/C19H24N4O3S/c1-3-4-16-5-7-17(8-6-16)27(25,26)23-11-9-22(10-12-23)19(24)18-14-20-15(2)13-21-18/h5-8,13-14H,3-4,9-12H2,1-2H3. The lowest BCUT2D eigenvalue weighted by atomic mass is 10.1. The fourth-order valence-electron chi connectivity index (χ4n) is 3.06. The summed E-state index contributed by atoms with van der Waals surface area (Å²) in [5.41, 5.74) is 2.15. The Balaban J connectivity index is 1.65. The van der Waals surface area contributed by atoms with Crippen LogP contribution in [-0.2, 0) is 16.4 Å². The summed E-state index contributed by atoms with van der Waals surface area (Å²) in [7, 11) is -3.55. The Morgan fingerprint density at radius 3 is 2.26 bits per heavy atom. The second-order valence-electron chi connectivity index (χ2n) is 6.63. The van der Waals surface area contributed by atoms with Gasteiger partial charge in [0.15, 0.2) is 0 Å². The number of benzene rings is 1. The number of carbonyl (C=O) groups excluding carboxylic acids is 1. The normalized spacial score (nSPS) is 15.7. The highest BCUT2D eigenvalue weighted by Gasteiger charge is 2.30. The minimum absolute atomic E-state index is 0.219. The number of nitrogens with zero attached hydrogens (tertiary/aromatic N) is 4. The Kier molecular flexibility index (Phi) is 5.86. The van der Waals surface area contributed by atoms with Gasteiger partial charge in [0.2, 0.25) is 10.0 Å².